The van der Waals surface area contributed by atoms with Crippen LogP contribution in [0.2, 0.25) is 0 Å². The Morgan fingerprint density at radius 2 is 1.37 bits per heavy atom. The van der Waals surface area contributed by atoms with E-state index in [1.54, 1.807) is 0 Å². The number of hydrogen-bond acceptors (Lipinski definition) is 3. The van der Waals surface area contributed by atoms with E-state index in [0.29, 0.717) is 13.2 Å². The van der Waals surface area contributed by atoms with Crippen molar-refractivity contribution in [2.75, 3.05) is 19.3 Å². The number of hydrogen-bond donors (Lipinski definition) is 1. The zero-order valence-corrected chi connectivity index (χ0v) is 13.6. The lowest BCUT2D eigenvalue weighted by Gasteiger charge is -2.00. The highest BCUT2D eigenvalue weighted by molar-refractivity contribution is 7.39. The summed E-state index contributed by atoms with van der Waals surface area (Å²) >= 11 is 0. The Kier molecular flexibility index (Phi) is 16.1. The minimum Gasteiger partial charge on any atom is -0.330 e. The van der Waals surface area contributed by atoms with E-state index in [4.69, 9.17) is 10.3 Å². The van der Waals surface area contributed by atoms with E-state index in [1.165, 1.54) is 57.8 Å². The van der Waals surface area contributed by atoms with Crippen molar-refractivity contribution in [3.05, 3.63) is 0 Å². The third-order valence-corrected chi connectivity index (χ3v) is 4.43. The zero-order valence-electron chi connectivity index (χ0n) is 12.7. The minimum atomic E-state index is -1.43. The zero-order chi connectivity index (χ0) is 14.2. The second kappa shape index (κ2) is 16.1. The molecule has 0 radical (unpaired) electrons. The van der Waals surface area contributed by atoms with E-state index in [9.17, 15) is 4.57 Å². The first-order chi connectivity index (χ1) is 9.31. The van der Waals surface area contributed by atoms with Gasteiger partial charge in [-0.25, -0.2) is 0 Å². The molecule has 0 saturated heterocycles. The van der Waals surface area contributed by atoms with Crippen LogP contribution in [0.3, 0.4) is 0 Å². The predicted octanol–water partition coefficient (Wildman–Crippen LogP) is 5.02. The van der Waals surface area contributed by atoms with Crippen molar-refractivity contribution in [2.45, 2.75) is 77.6 Å². The van der Waals surface area contributed by atoms with Gasteiger partial charge < -0.3 is 5.73 Å². The van der Waals surface area contributed by atoms with Crippen LogP contribution in [-0.2, 0) is 9.09 Å². The molecule has 1 atom stereocenters. The molecule has 0 bridgehead atoms. The molecule has 0 rings (SSSR count). The first-order valence-corrected chi connectivity index (χ1v) is 9.45. The summed E-state index contributed by atoms with van der Waals surface area (Å²) in [6.07, 6.45) is 14.6. The maximum absolute atomic E-state index is 11.4. The van der Waals surface area contributed by atoms with Crippen molar-refractivity contribution >= 4 is 8.03 Å². The summed E-state index contributed by atoms with van der Waals surface area (Å²) in [6.45, 7) is 3.41. The van der Waals surface area contributed by atoms with Gasteiger partial charge in [0.1, 0.15) is 6.61 Å². The normalized spacial score (nSPS) is 11.8. The molecule has 0 aromatic heterocycles. The van der Waals surface area contributed by atoms with Crippen molar-refractivity contribution in [1.29, 1.82) is 0 Å². The summed E-state index contributed by atoms with van der Waals surface area (Å²) in [5.74, 6) is 0. The summed E-state index contributed by atoms with van der Waals surface area (Å²) in [4.78, 5) is 0. The maximum atomic E-state index is 11.4. The van der Waals surface area contributed by atoms with Crippen LogP contribution in [0, 0.1) is 0 Å². The molecule has 0 heterocycles. The molecule has 0 aromatic carbocycles. The molecular weight excluding hydrogens is 257 g/mol. The van der Waals surface area contributed by atoms with Crippen LogP contribution in [0.4, 0.5) is 0 Å². The van der Waals surface area contributed by atoms with Crippen LogP contribution in [0.5, 0.6) is 0 Å². The first-order valence-electron chi connectivity index (χ1n) is 8.09. The van der Waals surface area contributed by atoms with Gasteiger partial charge in [0.25, 0.3) is 0 Å². The van der Waals surface area contributed by atoms with Crippen LogP contribution in [0.1, 0.15) is 77.6 Å². The van der Waals surface area contributed by atoms with Gasteiger partial charge in [0.05, 0.1) is 0 Å². The Bertz CT molecular complexity index is 201. The van der Waals surface area contributed by atoms with Gasteiger partial charge >= 0.3 is 8.03 Å². The van der Waals surface area contributed by atoms with E-state index in [2.05, 4.69) is 6.92 Å². The van der Waals surface area contributed by atoms with Crippen molar-refractivity contribution in [2.24, 2.45) is 5.73 Å². The first kappa shape index (κ1) is 19.0. The van der Waals surface area contributed by atoms with Crippen LogP contribution in [0.15, 0.2) is 0 Å². The monoisotopic (exact) mass is 290 g/mol. The average Bonchev–Trinajstić information content (AvgIpc) is 2.41. The molecule has 0 aliphatic heterocycles. The lowest BCUT2D eigenvalue weighted by molar-refractivity contribution is 0.324. The molecule has 0 spiro atoms. The number of nitrogens with two attached hydrogens (primary N) is 1. The molecule has 0 aromatic rings. The summed E-state index contributed by atoms with van der Waals surface area (Å²) in [7, 11) is -1.43. The Morgan fingerprint density at radius 3 is 1.89 bits per heavy atom. The highest BCUT2D eigenvalue weighted by Gasteiger charge is 2.15. The molecule has 0 fully saturated rings. The molecule has 1 unspecified atom stereocenters. The second-order valence-electron chi connectivity index (χ2n) is 5.21. The van der Waals surface area contributed by atoms with Crippen LogP contribution in [0.25, 0.3) is 0 Å². The van der Waals surface area contributed by atoms with Crippen LogP contribution < -0.4 is 5.73 Å². The smallest absolute Gasteiger partial charge is 0.330 e. The third kappa shape index (κ3) is 16.0. The average molecular weight is 290 g/mol. The molecule has 114 valence electrons. The third-order valence-electron chi connectivity index (χ3n) is 3.28. The van der Waals surface area contributed by atoms with Gasteiger partial charge in [-0.2, -0.15) is 0 Å². The van der Waals surface area contributed by atoms with E-state index in [-0.39, 0.29) is 0 Å². The van der Waals surface area contributed by atoms with Gasteiger partial charge in [-0.1, -0.05) is 58.3 Å². The standard InChI is InChI=1S/C15H33NO2P/c1-2-3-4-5-6-7-8-9-10-11-15-19(17)18-14-12-13-16/h2-16H2,1H3/q+1. The van der Waals surface area contributed by atoms with E-state index < -0.39 is 8.03 Å². The maximum Gasteiger partial charge on any atom is 0.508 e. The van der Waals surface area contributed by atoms with Crippen molar-refractivity contribution < 1.29 is 9.09 Å². The molecule has 3 nitrogen and oxygen atoms in total. The van der Waals surface area contributed by atoms with E-state index in [1.807, 2.05) is 0 Å². The van der Waals surface area contributed by atoms with Crippen molar-refractivity contribution in [3.63, 3.8) is 0 Å². The lowest BCUT2D eigenvalue weighted by atomic mass is 10.1. The highest BCUT2D eigenvalue weighted by atomic mass is 31.1. The quantitative estimate of drug-likeness (QED) is 0.340. The molecule has 0 saturated carbocycles. The highest BCUT2D eigenvalue weighted by Crippen LogP contribution is 2.24. The van der Waals surface area contributed by atoms with Crippen LogP contribution in [-0.4, -0.2) is 19.3 Å². The van der Waals surface area contributed by atoms with Gasteiger partial charge in [-0.3, -0.25) is 0 Å². The predicted molar refractivity (Wildman–Crippen MR) is 83.9 cm³/mol. The van der Waals surface area contributed by atoms with Gasteiger partial charge in [-0.05, 0) is 30.4 Å². The van der Waals surface area contributed by atoms with Crippen LogP contribution >= 0.6 is 8.03 Å². The molecule has 0 aliphatic carbocycles. The van der Waals surface area contributed by atoms with Crippen molar-refractivity contribution in [1.82, 2.24) is 0 Å². The molecule has 19 heavy (non-hydrogen) atoms. The molecule has 2 N–H and O–H groups in total. The lowest BCUT2D eigenvalue weighted by Crippen LogP contribution is -2.01. The molecule has 0 aliphatic rings. The Balaban J connectivity index is 3.07. The van der Waals surface area contributed by atoms with E-state index in [0.717, 1.165) is 19.0 Å². The summed E-state index contributed by atoms with van der Waals surface area (Å²) in [5.41, 5.74) is 5.35. The molecule has 4 heteroatoms. The number of rotatable bonds is 15. The Hall–Kier alpha value is 0.0200. The minimum absolute atomic E-state index is 0.545. The summed E-state index contributed by atoms with van der Waals surface area (Å²) in [5, 5.41) is 0. The summed E-state index contributed by atoms with van der Waals surface area (Å²) in [6, 6.07) is 0. The number of unbranched alkanes of at least 4 members (excludes halogenated alkanes) is 9. The summed E-state index contributed by atoms with van der Waals surface area (Å²) < 4.78 is 16.6. The van der Waals surface area contributed by atoms with Gasteiger partial charge in [-0.15, -0.1) is 4.52 Å². The van der Waals surface area contributed by atoms with Gasteiger partial charge in [0.15, 0.2) is 6.16 Å². The molecular formula is C15H33NO2P+. The fourth-order valence-electron chi connectivity index (χ4n) is 2.04. The fraction of sp³-hybridized carbons (Fsp3) is 1.00. The van der Waals surface area contributed by atoms with E-state index >= 15 is 0 Å². The van der Waals surface area contributed by atoms with Gasteiger partial charge in [0.2, 0.25) is 0 Å². The topological polar surface area (TPSA) is 52.3 Å². The fourth-order valence-corrected chi connectivity index (χ4v) is 2.99. The molecule has 0 amide bonds. The SMILES string of the molecule is CCCCCCCCCCCC[P+](=O)OCCCN. The second-order valence-corrected chi connectivity index (χ2v) is 6.58. The Morgan fingerprint density at radius 1 is 0.842 bits per heavy atom. The Labute approximate surface area is 120 Å². The van der Waals surface area contributed by atoms with Gasteiger partial charge in [0, 0.05) is 0 Å². The van der Waals surface area contributed by atoms with Crippen molar-refractivity contribution in [3.8, 4) is 0 Å². The largest absolute Gasteiger partial charge is 0.508 e.